The molecule has 0 bridgehead atoms. The van der Waals surface area contributed by atoms with Crippen molar-refractivity contribution >= 4 is 11.7 Å². The van der Waals surface area contributed by atoms with E-state index in [0.717, 1.165) is 19.3 Å². The number of nitrogens with zero attached hydrogens (tertiary/aromatic N) is 2. The zero-order valence-electron chi connectivity index (χ0n) is 14.3. The summed E-state index contributed by atoms with van der Waals surface area (Å²) < 4.78 is 5.71. The summed E-state index contributed by atoms with van der Waals surface area (Å²) in [6.45, 7) is 5.10. The maximum atomic E-state index is 12.5. The minimum Gasteiger partial charge on any atom is -0.491 e. The third-order valence-electron chi connectivity index (χ3n) is 4.07. The highest BCUT2D eigenvalue weighted by molar-refractivity contribution is 6.04. The third kappa shape index (κ3) is 4.58. The quantitative estimate of drug-likeness (QED) is 0.753. The van der Waals surface area contributed by atoms with Gasteiger partial charge < -0.3 is 9.64 Å². The number of ketones is 1. The molecule has 1 fully saturated rings. The lowest BCUT2D eigenvalue weighted by atomic mass is 9.96. The molecular formula is C19H24N2O3. The topological polar surface area (TPSA) is 70.4 Å². The molecule has 1 amide bonds. The Kier molecular flexibility index (Phi) is 6.36. The molecule has 1 aliphatic rings. The fourth-order valence-electron chi connectivity index (χ4n) is 2.87. The van der Waals surface area contributed by atoms with Gasteiger partial charge in [-0.3, -0.25) is 9.59 Å². The van der Waals surface area contributed by atoms with E-state index >= 15 is 0 Å². The van der Waals surface area contributed by atoms with Gasteiger partial charge in [0, 0.05) is 25.1 Å². The molecule has 24 heavy (non-hydrogen) atoms. The number of likely N-dealkylation sites (tertiary alicyclic amines) is 1. The van der Waals surface area contributed by atoms with E-state index in [2.05, 4.69) is 0 Å². The number of benzene rings is 1. The summed E-state index contributed by atoms with van der Waals surface area (Å²) in [5.74, 6) is -1.32. The number of hydrogen-bond donors (Lipinski definition) is 0. The van der Waals surface area contributed by atoms with Crippen LogP contribution in [0.4, 0.5) is 0 Å². The number of ether oxygens (including phenoxy) is 1. The Hall–Kier alpha value is -2.35. The van der Waals surface area contributed by atoms with Crippen LogP contribution in [-0.4, -0.2) is 35.8 Å². The van der Waals surface area contributed by atoms with Gasteiger partial charge in [-0.1, -0.05) is 18.2 Å². The predicted molar refractivity (Wildman–Crippen MR) is 90.5 cm³/mol. The number of Topliss-reactive ketones (excluding diaryl/α,β-unsaturated/α-hetero) is 1. The Morgan fingerprint density at radius 2 is 1.88 bits per heavy atom. The normalized spacial score (nSPS) is 15.7. The first-order chi connectivity index (χ1) is 11.5. The fourth-order valence-corrected chi connectivity index (χ4v) is 2.87. The highest BCUT2D eigenvalue weighted by Gasteiger charge is 2.31. The largest absolute Gasteiger partial charge is 0.491 e. The number of nitriles is 1. The molecule has 0 radical (unpaired) electrons. The van der Waals surface area contributed by atoms with Crippen molar-refractivity contribution in [3.05, 3.63) is 29.8 Å². The van der Waals surface area contributed by atoms with Gasteiger partial charge in [-0.2, -0.15) is 5.26 Å². The van der Waals surface area contributed by atoms with Crippen molar-refractivity contribution in [2.24, 2.45) is 5.92 Å². The average molecular weight is 328 g/mol. The third-order valence-corrected chi connectivity index (χ3v) is 4.07. The summed E-state index contributed by atoms with van der Waals surface area (Å²) in [5, 5.41) is 9.34. The maximum Gasteiger partial charge on any atom is 0.247 e. The number of hydrogen-bond acceptors (Lipinski definition) is 4. The number of carbonyl (C=O) groups is 2. The van der Waals surface area contributed by atoms with Crippen LogP contribution in [0.3, 0.4) is 0 Å². The van der Waals surface area contributed by atoms with Crippen LogP contribution in [0.1, 0.15) is 38.7 Å². The van der Waals surface area contributed by atoms with Gasteiger partial charge in [-0.15, -0.1) is 0 Å². The molecule has 1 unspecified atom stereocenters. The second-order valence-electron chi connectivity index (χ2n) is 6.37. The summed E-state index contributed by atoms with van der Waals surface area (Å²) in [6, 6.07) is 9.16. The van der Waals surface area contributed by atoms with Crippen LogP contribution < -0.4 is 4.74 Å². The number of piperidine rings is 1. The number of rotatable bonds is 6. The summed E-state index contributed by atoms with van der Waals surface area (Å²) in [4.78, 5) is 26.7. The Morgan fingerprint density at radius 3 is 2.50 bits per heavy atom. The van der Waals surface area contributed by atoms with E-state index in [1.807, 2.05) is 32.0 Å². The van der Waals surface area contributed by atoms with Gasteiger partial charge in [-0.05, 0) is 39.2 Å². The van der Waals surface area contributed by atoms with Crippen molar-refractivity contribution in [1.82, 2.24) is 4.90 Å². The van der Waals surface area contributed by atoms with Gasteiger partial charge in [0.25, 0.3) is 0 Å². The van der Waals surface area contributed by atoms with Crippen LogP contribution in [0.15, 0.2) is 24.3 Å². The fraction of sp³-hybridized carbons (Fsp3) is 0.526. The van der Waals surface area contributed by atoms with E-state index in [0.29, 0.717) is 24.4 Å². The second-order valence-corrected chi connectivity index (χ2v) is 6.37. The van der Waals surface area contributed by atoms with Crippen LogP contribution in [0.2, 0.25) is 0 Å². The molecule has 1 aromatic carbocycles. The van der Waals surface area contributed by atoms with Crippen molar-refractivity contribution in [3.63, 3.8) is 0 Å². The van der Waals surface area contributed by atoms with Crippen LogP contribution in [-0.2, 0) is 16.0 Å². The average Bonchev–Trinajstić information content (AvgIpc) is 2.57. The van der Waals surface area contributed by atoms with E-state index in [4.69, 9.17) is 4.74 Å². The smallest absolute Gasteiger partial charge is 0.247 e. The first kappa shape index (κ1) is 18.0. The molecule has 0 N–H and O–H groups in total. The zero-order valence-corrected chi connectivity index (χ0v) is 14.3. The Labute approximate surface area is 143 Å². The van der Waals surface area contributed by atoms with E-state index < -0.39 is 5.92 Å². The Morgan fingerprint density at radius 1 is 1.21 bits per heavy atom. The highest BCUT2D eigenvalue weighted by atomic mass is 16.5. The van der Waals surface area contributed by atoms with Gasteiger partial charge in [0.1, 0.15) is 5.75 Å². The Bertz CT molecular complexity index is 628. The summed E-state index contributed by atoms with van der Waals surface area (Å²) >= 11 is 0. The van der Waals surface area contributed by atoms with Crippen molar-refractivity contribution in [1.29, 1.82) is 5.26 Å². The first-order valence-corrected chi connectivity index (χ1v) is 8.48. The molecule has 0 saturated carbocycles. The van der Waals surface area contributed by atoms with Crippen molar-refractivity contribution < 1.29 is 14.3 Å². The highest BCUT2D eigenvalue weighted by Crippen LogP contribution is 2.22. The zero-order chi connectivity index (χ0) is 17.5. The monoisotopic (exact) mass is 328 g/mol. The molecule has 1 heterocycles. The van der Waals surface area contributed by atoms with Crippen LogP contribution in [0.25, 0.3) is 0 Å². The van der Waals surface area contributed by atoms with Gasteiger partial charge >= 0.3 is 0 Å². The van der Waals surface area contributed by atoms with Gasteiger partial charge in [0.15, 0.2) is 11.7 Å². The summed E-state index contributed by atoms with van der Waals surface area (Å²) in [5.41, 5.74) is 0.711. The summed E-state index contributed by atoms with van der Waals surface area (Å²) in [6.07, 6.45) is 2.98. The molecule has 2 rings (SSSR count). The molecule has 0 spiro atoms. The molecule has 1 aliphatic heterocycles. The van der Waals surface area contributed by atoms with Gasteiger partial charge in [0.2, 0.25) is 5.91 Å². The molecule has 5 nitrogen and oxygen atoms in total. The van der Waals surface area contributed by atoms with Crippen LogP contribution in [0.5, 0.6) is 5.75 Å². The molecule has 0 aliphatic carbocycles. The minimum absolute atomic E-state index is 0.0111. The lowest BCUT2D eigenvalue weighted by Gasteiger charge is -2.28. The van der Waals surface area contributed by atoms with Crippen molar-refractivity contribution in [3.8, 4) is 11.8 Å². The lowest BCUT2D eigenvalue weighted by Crippen LogP contribution is -2.42. The molecule has 1 aromatic rings. The lowest BCUT2D eigenvalue weighted by molar-refractivity contribution is -0.139. The van der Waals surface area contributed by atoms with Crippen LogP contribution in [0, 0.1) is 17.2 Å². The molecule has 1 saturated heterocycles. The maximum absolute atomic E-state index is 12.5. The molecular weight excluding hydrogens is 304 g/mol. The Balaban J connectivity index is 2.10. The molecule has 5 heteroatoms. The van der Waals surface area contributed by atoms with Gasteiger partial charge in [-0.25, -0.2) is 0 Å². The van der Waals surface area contributed by atoms with E-state index in [-0.39, 0.29) is 24.2 Å². The molecule has 1 atom stereocenters. The van der Waals surface area contributed by atoms with Gasteiger partial charge in [0.05, 0.1) is 12.2 Å². The number of amides is 1. The van der Waals surface area contributed by atoms with E-state index in [1.165, 1.54) is 0 Å². The predicted octanol–water partition coefficient (Wildman–Crippen LogP) is 2.74. The SMILES string of the molecule is CC(C)Oc1ccccc1CC(=O)C(C#N)C(=O)N1CCCCC1. The molecule has 128 valence electrons. The van der Waals surface area contributed by atoms with Crippen molar-refractivity contribution in [2.75, 3.05) is 13.1 Å². The molecule has 0 aromatic heterocycles. The number of para-hydroxylation sites is 1. The number of carbonyl (C=O) groups excluding carboxylic acids is 2. The standard InChI is InChI=1S/C19H24N2O3/c1-14(2)24-18-9-5-4-8-15(18)12-17(22)16(13-20)19(23)21-10-6-3-7-11-21/h4-5,8-9,14,16H,3,6-7,10-12H2,1-2H3. The minimum atomic E-state index is -1.23. The summed E-state index contributed by atoms with van der Waals surface area (Å²) in [7, 11) is 0. The first-order valence-electron chi connectivity index (χ1n) is 8.48. The van der Waals surface area contributed by atoms with E-state index in [9.17, 15) is 14.9 Å². The second kappa shape index (κ2) is 8.49. The van der Waals surface area contributed by atoms with Crippen LogP contribution >= 0.6 is 0 Å². The van der Waals surface area contributed by atoms with Crippen molar-refractivity contribution in [2.45, 2.75) is 45.6 Å². The van der Waals surface area contributed by atoms with E-state index in [1.54, 1.807) is 17.0 Å².